The Hall–Kier alpha value is -2.28. The van der Waals surface area contributed by atoms with E-state index in [1.807, 2.05) is 60.8 Å². The molecule has 1 N–H and O–H groups in total. The number of thiophene rings is 1. The molecule has 0 amide bonds. The second kappa shape index (κ2) is 7.74. The van der Waals surface area contributed by atoms with Gasteiger partial charge in [-0.2, -0.15) is 0 Å². The van der Waals surface area contributed by atoms with Gasteiger partial charge in [-0.25, -0.2) is 13.1 Å². The number of benzene rings is 1. The summed E-state index contributed by atoms with van der Waals surface area (Å²) in [5, 5.41) is 3.17. The Labute approximate surface area is 151 Å². The van der Waals surface area contributed by atoms with Crippen molar-refractivity contribution < 1.29 is 8.42 Å². The maximum atomic E-state index is 12.2. The molecule has 0 bridgehead atoms. The quantitative estimate of drug-likeness (QED) is 0.707. The van der Waals surface area contributed by atoms with E-state index in [2.05, 4.69) is 9.71 Å². The Balaban J connectivity index is 1.72. The summed E-state index contributed by atoms with van der Waals surface area (Å²) in [6, 6.07) is 15.3. The Kier molecular flexibility index (Phi) is 5.43. The third-order valence-electron chi connectivity index (χ3n) is 3.63. The highest BCUT2D eigenvalue weighted by molar-refractivity contribution is 7.92. The van der Waals surface area contributed by atoms with Crippen LogP contribution in [0.15, 0.2) is 65.5 Å². The Morgan fingerprint density at radius 3 is 2.64 bits per heavy atom. The average molecular weight is 370 g/mol. The van der Waals surface area contributed by atoms with E-state index in [0.29, 0.717) is 0 Å². The maximum absolute atomic E-state index is 12.2. The van der Waals surface area contributed by atoms with Gasteiger partial charge < -0.3 is 0 Å². The molecular weight excluding hydrogens is 352 g/mol. The van der Waals surface area contributed by atoms with Gasteiger partial charge in [0.25, 0.3) is 0 Å². The van der Waals surface area contributed by atoms with Crippen LogP contribution in [0.1, 0.15) is 16.7 Å². The maximum Gasteiger partial charge on any atom is 0.234 e. The van der Waals surface area contributed by atoms with Crippen LogP contribution in [-0.2, 0) is 16.6 Å². The Bertz CT molecular complexity index is 961. The van der Waals surface area contributed by atoms with Gasteiger partial charge >= 0.3 is 0 Å². The zero-order valence-electron chi connectivity index (χ0n) is 13.7. The molecule has 0 saturated heterocycles. The molecule has 3 rings (SSSR count). The lowest BCUT2D eigenvalue weighted by Crippen LogP contribution is -2.21. The number of sulfonamides is 1. The number of nitrogens with one attached hydrogen (secondary N) is 1. The van der Waals surface area contributed by atoms with Crippen molar-refractivity contribution in [3.8, 4) is 10.6 Å². The lowest BCUT2D eigenvalue weighted by atomic mass is 10.2. The molecule has 0 atom stereocenters. The first-order valence-corrected chi connectivity index (χ1v) is 10.2. The lowest BCUT2D eigenvalue weighted by Gasteiger charge is -2.07. The second-order valence-corrected chi connectivity index (χ2v) is 8.17. The summed E-state index contributed by atoms with van der Waals surface area (Å²) in [6.45, 7) is 2.19. The van der Waals surface area contributed by atoms with Crippen LogP contribution in [0.3, 0.4) is 0 Å². The number of hydrogen-bond acceptors (Lipinski definition) is 4. The fourth-order valence-electron chi connectivity index (χ4n) is 2.29. The van der Waals surface area contributed by atoms with Crippen molar-refractivity contribution in [2.75, 3.05) is 0 Å². The number of pyridine rings is 1. The fourth-order valence-corrected chi connectivity index (χ4v) is 3.83. The van der Waals surface area contributed by atoms with Crippen molar-refractivity contribution in [3.63, 3.8) is 0 Å². The average Bonchev–Trinajstić information content (AvgIpc) is 3.14. The van der Waals surface area contributed by atoms with Crippen molar-refractivity contribution >= 4 is 27.4 Å². The zero-order valence-corrected chi connectivity index (χ0v) is 15.3. The molecule has 0 spiro atoms. The fraction of sp³-hybridized carbons (Fsp3) is 0.105. The van der Waals surface area contributed by atoms with Crippen LogP contribution in [-0.4, -0.2) is 13.4 Å². The molecule has 3 aromatic rings. The molecule has 6 heteroatoms. The molecule has 0 radical (unpaired) electrons. The van der Waals surface area contributed by atoms with E-state index in [-0.39, 0.29) is 6.54 Å². The standard InChI is InChI=1S/C19H18N2O2S2/c1-15-6-8-16(9-7-15)10-13-25(22,23)21-14-17-4-2-11-20-19(17)18-5-3-12-24-18/h2-13,21H,14H2,1H3. The summed E-state index contributed by atoms with van der Waals surface area (Å²) in [6.07, 6.45) is 3.30. The molecule has 25 heavy (non-hydrogen) atoms. The van der Waals surface area contributed by atoms with E-state index in [9.17, 15) is 8.42 Å². The molecule has 128 valence electrons. The smallest absolute Gasteiger partial charge is 0.234 e. The molecule has 0 aliphatic carbocycles. The van der Waals surface area contributed by atoms with Gasteiger partial charge in [-0.1, -0.05) is 42.0 Å². The molecule has 2 aromatic heterocycles. The molecular formula is C19H18N2O2S2. The van der Waals surface area contributed by atoms with E-state index < -0.39 is 10.0 Å². The van der Waals surface area contributed by atoms with E-state index in [0.717, 1.165) is 27.3 Å². The van der Waals surface area contributed by atoms with Crippen molar-refractivity contribution in [2.45, 2.75) is 13.5 Å². The van der Waals surface area contributed by atoms with E-state index in [4.69, 9.17) is 0 Å². The predicted octanol–water partition coefficient (Wildman–Crippen LogP) is 4.21. The van der Waals surface area contributed by atoms with Gasteiger partial charge in [-0.3, -0.25) is 4.98 Å². The lowest BCUT2D eigenvalue weighted by molar-refractivity contribution is 0.591. The minimum absolute atomic E-state index is 0.196. The van der Waals surface area contributed by atoms with Crippen LogP contribution < -0.4 is 4.72 Å². The van der Waals surface area contributed by atoms with Gasteiger partial charge in [0.1, 0.15) is 0 Å². The molecule has 0 fully saturated rings. The van der Waals surface area contributed by atoms with Crippen LogP contribution in [0.2, 0.25) is 0 Å². The van der Waals surface area contributed by atoms with Gasteiger partial charge in [0.15, 0.2) is 0 Å². The van der Waals surface area contributed by atoms with E-state index in [1.165, 1.54) is 5.41 Å². The predicted molar refractivity (Wildman–Crippen MR) is 104 cm³/mol. The molecule has 0 aliphatic rings. The van der Waals surface area contributed by atoms with Crippen molar-refractivity contribution in [2.24, 2.45) is 0 Å². The van der Waals surface area contributed by atoms with Crippen molar-refractivity contribution in [3.05, 3.63) is 82.2 Å². The monoisotopic (exact) mass is 370 g/mol. The number of aromatic nitrogens is 1. The van der Waals surface area contributed by atoms with E-state index >= 15 is 0 Å². The molecule has 0 unspecified atom stereocenters. The van der Waals surface area contributed by atoms with Gasteiger partial charge in [-0.05, 0) is 41.6 Å². The summed E-state index contributed by atoms with van der Waals surface area (Å²) < 4.78 is 27.1. The number of rotatable bonds is 6. The SMILES string of the molecule is Cc1ccc(C=CS(=O)(=O)NCc2cccnc2-c2cccs2)cc1. The third-order valence-corrected chi connectivity index (χ3v) is 5.54. The number of hydrogen-bond donors (Lipinski definition) is 1. The second-order valence-electron chi connectivity index (χ2n) is 5.57. The van der Waals surface area contributed by atoms with E-state index in [1.54, 1.807) is 23.6 Å². The van der Waals surface area contributed by atoms with Crippen LogP contribution in [0, 0.1) is 6.92 Å². The third kappa shape index (κ3) is 4.85. The largest absolute Gasteiger partial charge is 0.255 e. The summed E-state index contributed by atoms with van der Waals surface area (Å²) in [5.41, 5.74) is 3.63. The minimum atomic E-state index is -3.53. The molecule has 0 saturated carbocycles. The normalized spacial score (nSPS) is 11.9. The highest BCUT2D eigenvalue weighted by atomic mass is 32.2. The van der Waals surface area contributed by atoms with Gasteiger partial charge in [0.05, 0.1) is 10.6 Å². The summed E-state index contributed by atoms with van der Waals surface area (Å²) >= 11 is 1.58. The summed E-state index contributed by atoms with van der Waals surface area (Å²) in [5.74, 6) is 0. The highest BCUT2D eigenvalue weighted by Gasteiger charge is 2.10. The van der Waals surface area contributed by atoms with Crippen molar-refractivity contribution in [1.29, 1.82) is 0 Å². The number of nitrogens with zero attached hydrogens (tertiary/aromatic N) is 1. The van der Waals surface area contributed by atoms with Crippen LogP contribution in [0.25, 0.3) is 16.6 Å². The number of aryl methyl sites for hydroxylation is 1. The first-order valence-electron chi connectivity index (χ1n) is 7.76. The molecule has 1 aromatic carbocycles. The first-order chi connectivity index (χ1) is 12.0. The summed E-state index contributed by atoms with van der Waals surface area (Å²) in [7, 11) is -3.53. The van der Waals surface area contributed by atoms with Gasteiger partial charge in [0, 0.05) is 18.1 Å². The van der Waals surface area contributed by atoms with Gasteiger partial charge in [-0.15, -0.1) is 11.3 Å². The molecule has 0 aliphatic heterocycles. The molecule has 2 heterocycles. The van der Waals surface area contributed by atoms with Crippen LogP contribution in [0.5, 0.6) is 0 Å². The Morgan fingerprint density at radius 2 is 1.92 bits per heavy atom. The Morgan fingerprint density at radius 1 is 1.12 bits per heavy atom. The molecule has 4 nitrogen and oxygen atoms in total. The highest BCUT2D eigenvalue weighted by Crippen LogP contribution is 2.25. The van der Waals surface area contributed by atoms with Crippen LogP contribution in [0.4, 0.5) is 0 Å². The minimum Gasteiger partial charge on any atom is -0.255 e. The summed E-state index contributed by atoms with van der Waals surface area (Å²) in [4.78, 5) is 5.40. The van der Waals surface area contributed by atoms with Crippen molar-refractivity contribution in [1.82, 2.24) is 9.71 Å². The van der Waals surface area contributed by atoms with Gasteiger partial charge in [0.2, 0.25) is 10.0 Å². The zero-order chi connectivity index (χ0) is 17.7. The van der Waals surface area contributed by atoms with Crippen LogP contribution >= 0.6 is 11.3 Å². The first kappa shape index (κ1) is 17.5. The topological polar surface area (TPSA) is 59.1 Å².